The fourth-order valence-corrected chi connectivity index (χ4v) is 4.26. The summed E-state index contributed by atoms with van der Waals surface area (Å²) in [6.45, 7) is 0.104. The molecule has 2 unspecified atom stereocenters. The number of hydrogen-bond donors (Lipinski definition) is 1. The van der Waals surface area contributed by atoms with E-state index in [0.29, 0.717) is 4.47 Å². The lowest BCUT2D eigenvalue weighted by atomic mass is 10.0. The minimum Gasteiger partial charge on any atom is -0.372 e. The number of rotatable bonds is 6. The molecule has 1 fully saturated rings. The molecule has 1 aliphatic rings. The number of hydroxylamine groups is 1. The van der Waals surface area contributed by atoms with Gasteiger partial charge in [-0.1, -0.05) is 22.7 Å². The predicted molar refractivity (Wildman–Crippen MR) is 95.1 cm³/mol. The lowest BCUT2D eigenvalue weighted by Gasteiger charge is -2.29. The lowest BCUT2D eigenvalue weighted by Crippen LogP contribution is -2.48. The lowest BCUT2D eigenvalue weighted by molar-refractivity contribution is -0.0989. The summed E-state index contributed by atoms with van der Waals surface area (Å²) in [5.41, 5.74) is 0.00617. The zero-order valence-corrected chi connectivity index (χ0v) is 15.7. The van der Waals surface area contributed by atoms with E-state index in [1.165, 1.54) is 12.1 Å². The third-order valence-electron chi connectivity index (χ3n) is 4.27. The average Bonchev–Trinajstić information content (AvgIpc) is 3.13. The number of halogens is 2. The molecule has 2 aromatic carbocycles. The van der Waals surface area contributed by atoms with Gasteiger partial charge in [0.05, 0.1) is 13.2 Å². The zero-order chi connectivity index (χ0) is 20.3. The zero-order valence-electron chi connectivity index (χ0n) is 14.8. The van der Waals surface area contributed by atoms with Gasteiger partial charge in [0.1, 0.15) is 17.7 Å². The maximum absolute atomic E-state index is 14.2. The SMILES string of the molecule is CON(C1CCOC1c1cc(F)ccc1F)S(=O)(=O)NC(=O)c1ccccc1. The smallest absolute Gasteiger partial charge is 0.326 e. The van der Waals surface area contributed by atoms with Gasteiger partial charge in [-0.3, -0.25) is 9.63 Å². The van der Waals surface area contributed by atoms with E-state index in [0.717, 1.165) is 25.3 Å². The first kappa shape index (κ1) is 20.3. The molecule has 1 N–H and O–H groups in total. The van der Waals surface area contributed by atoms with E-state index in [4.69, 9.17) is 9.57 Å². The van der Waals surface area contributed by atoms with Crippen LogP contribution in [0.25, 0.3) is 0 Å². The quantitative estimate of drug-likeness (QED) is 0.737. The number of carbonyl (C=O) groups is 1. The van der Waals surface area contributed by atoms with Gasteiger partial charge in [0.15, 0.2) is 0 Å². The second-order valence-corrected chi connectivity index (χ2v) is 7.57. The number of hydrogen-bond acceptors (Lipinski definition) is 5. The molecular formula is C18H18F2N2O5S. The van der Waals surface area contributed by atoms with Crippen molar-refractivity contribution in [3.8, 4) is 0 Å². The van der Waals surface area contributed by atoms with E-state index in [2.05, 4.69) is 0 Å². The van der Waals surface area contributed by atoms with Crippen molar-refractivity contribution in [3.05, 3.63) is 71.3 Å². The van der Waals surface area contributed by atoms with Gasteiger partial charge in [0, 0.05) is 17.7 Å². The number of benzene rings is 2. The van der Waals surface area contributed by atoms with Crippen molar-refractivity contribution in [2.75, 3.05) is 13.7 Å². The average molecular weight is 412 g/mol. The van der Waals surface area contributed by atoms with Crippen LogP contribution in [0.5, 0.6) is 0 Å². The minimum atomic E-state index is -4.45. The van der Waals surface area contributed by atoms with Crippen molar-refractivity contribution in [2.24, 2.45) is 0 Å². The third-order valence-corrected chi connectivity index (χ3v) is 5.61. The van der Waals surface area contributed by atoms with Crippen molar-refractivity contribution in [1.29, 1.82) is 0 Å². The van der Waals surface area contributed by atoms with Gasteiger partial charge in [-0.15, -0.1) is 0 Å². The molecule has 1 amide bonds. The summed E-state index contributed by atoms with van der Waals surface area (Å²) in [6, 6.07) is 9.59. The molecule has 7 nitrogen and oxygen atoms in total. The largest absolute Gasteiger partial charge is 0.372 e. The highest BCUT2D eigenvalue weighted by Gasteiger charge is 2.42. The van der Waals surface area contributed by atoms with Crippen LogP contribution >= 0.6 is 0 Å². The van der Waals surface area contributed by atoms with Crippen LogP contribution in [-0.4, -0.2) is 38.6 Å². The summed E-state index contributed by atoms with van der Waals surface area (Å²) in [5, 5.41) is 0. The van der Waals surface area contributed by atoms with Crippen molar-refractivity contribution in [1.82, 2.24) is 9.19 Å². The second-order valence-electron chi connectivity index (χ2n) is 6.05. The molecular weight excluding hydrogens is 394 g/mol. The number of carbonyl (C=O) groups excluding carboxylic acids is 1. The highest BCUT2D eigenvalue weighted by molar-refractivity contribution is 7.87. The Balaban J connectivity index is 1.86. The van der Waals surface area contributed by atoms with Crippen LogP contribution in [0.3, 0.4) is 0 Å². The molecule has 0 aliphatic carbocycles. The van der Waals surface area contributed by atoms with Crippen LogP contribution in [0.4, 0.5) is 8.78 Å². The summed E-state index contributed by atoms with van der Waals surface area (Å²) in [4.78, 5) is 17.2. The Bertz CT molecular complexity index is 956. The maximum atomic E-state index is 14.2. The second kappa shape index (κ2) is 8.31. The number of amides is 1. The van der Waals surface area contributed by atoms with Crippen LogP contribution in [-0.2, 0) is 19.8 Å². The molecule has 0 saturated carbocycles. The van der Waals surface area contributed by atoms with E-state index in [9.17, 15) is 22.0 Å². The fourth-order valence-electron chi connectivity index (χ4n) is 3.05. The van der Waals surface area contributed by atoms with Gasteiger partial charge in [0.25, 0.3) is 5.91 Å². The molecule has 3 rings (SSSR count). The van der Waals surface area contributed by atoms with Crippen molar-refractivity contribution >= 4 is 16.1 Å². The predicted octanol–water partition coefficient (Wildman–Crippen LogP) is 2.33. The van der Waals surface area contributed by atoms with E-state index in [-0.39, 0.29) is 24.2 Å². The van der Waals surface area contributed by atoms with E-state index < -0.39 is 39.9 Å². The van der Waals surface area contributed by atoms with Crippen molar-refractivity contribution in [3.63, 3.8) is 0 Å². The normalized spacial score (nSPS) is 19.7. The number of ether oxygens (including phenoxy) is 1. The first-order chi connectivity index (χ1) is 13.3. The Morgan fingerprint density at radius 2 is 1.93 bits per heavy atom. The molecule has 0 radical (unpaired) electrons. The highest BCUT2D eigenvalue weighted by atomic mass is 32.2. The minimum absolute atomic E-state index is 0.104. The van der Waals surface area contributed by atoms with Gasteiger partial charge >= 0.3 is 10.2 Å². The molecule has 0 aromatic heterocycles. The molecule has 2 aromatic rings. The summed E-state index contributed by atoms with van der Waals surface area (Å²) >= 11 is 0. The van der Waals surface area contributed by atoms with Gasteiger partial charge in [-0.2, -0.15) is 8.42 Å². The van der Waals surface area contributed by atoms with E-state index in [1.807, 2.05) is 4.72 Å². The monoisotopic (exact) mass is 412 g/mol. The molecule has 1 aliphatic heterocycles. The summed E-state index contributed by atoms with van der Waals surface area (Å²) in [5.74, 6) is -2.27. The molecule has 1 saturated heterocycles. The Kier molecular flexibility index (Phi) is 6.04. The molecule has 150 valence electrons. The van der Waals surface area contributed by atoms with Crippen LogP contribution in [0, 0.1) is 11.6 Å². The van der Waals surface area contributed by atoms with Crippen LogP contribution in [0.1, 0.15) is 28.4 Å². The number of nitrogens with one attached hydrogen (secondary N) is 1. The van der Waals surface area contributed by atoms with Crippen LogP contribution < -0.4 is 4.72 Å². The molecule has 10 heteroatoms. The van der Waals surface area contributed by atoms with Crippen molar-refractivity contribution in [2.45, 2.75) is 18.6 Å². The Labute approximate surface area is 161 Å². The standard InChI is InChI=1S/C18H18F2N2O5S/c1-26-22(28(24,25)21-18(23)12-5-3-2-4-6-12)16-9-10-27-17(16)14-11-13(19)7-8-15(14)20/h2-8,11,16-17H,9-10H2,1H3,(H,21,23). The Hall–Kier alpha value is -2.40. The summed E-state index contributed by atoms with van der Waals surface area (Å²) in [7, 11) is -3.35. The topological polar surface area (TPSA) is 84.9 Å². The Morgan fingerprint density at radius 1 is 1.21 bits per heavy atom. The third kappa shape index (κ3) is 4.20. The first-order valence-electron chi connectivity index (χ1n) is 8.35. The van der Waals surface area contributed by atoms with Crippen LogP contribution in [0.15, 0.2) is 48.5 Å². The molecule has 0 spiro atoms. The molecule has 0 bridgehead atoms. The summed E-state index contributed by atoms with van der Waals surface area (Å²) in [6.07, 6.45) is -0.936. The summed E-state index contributed by atoms with van der Waals surface area (Å²) < 4.78 is 61.1. The number of nitrogens with zero attached hydrogens (tertiary/aromatic N) is 1. The van der Waals surface area contributed by atoms with Gasteiger partial charge in [-0.25, -0.2) is 13.5 Å². The highest BCUT2D eigenvalue weighted by Crippen LogP contribution is 2.35. The van der Waals surface area contributed by atoms with Gasteiger partial charge in [0.2, 0.25) is 0 Å². The molecule has 2 atom stereocenters. The first-order valence-corrected chi connectivity index (χ1v) is 9.79. The van der Waals surface area contributed by atoms with Crippen LogP contribution in [0.2, 0.25) is 0 Å². The van der Waals surface area contributed by atoms with Crippen molar-refractivity contribution < 1.29 is 31.6 Å². The maximum Gasteiger partial charge on any atom is 0.326 e. The van der Waals surface area contributed by atoms with Gasteiger partial charge < -0.3 is 4.74 Å². The molecule has 28 heavy (non-hydrogen) atoms. The fraction of sp³-hybridized carbons (Fsp3) is 0.278. The Morgan fingerprint density at radius 3 is 2.61 bits per heavy atom. The molecule has 1 heterocycles. The van der Waals surface area contributed by atoms with Gasteiger partial charge in [-0.05, 0) is 36.8 Å². The van der Waals surface area contributed by atoms with E-state index in [1.54, 1.807) is 18.2 Å². The van der Waals surface area contributed by atoms with E-state index >= 15 is 0 Å².